The highest BCUT2D eigenvalue weighted by molar-refractivity contribution is 7.21. The molecular formula is C16H13NOS2. The third-order valence-corrected chi connectivity index (χ3v) is 4.82. The number of methoxy groups -OCH3 is 1. The van der Waals surface area contributed by atoms with Crippen molar-refractivity contribution in [1.82, 2.24) is 4.98 Å². The van der Waals surface area contributed by atoms with Gasteiger partial charge in [0.2, 0.25) is 0 Å². The van der Waals surface area contributed by atoms with Crippen molar-refractivity contribution in [2.24, 2.45) is 0 Å². The number of rotatable bonds is 4. The van der Waals surface area contributed by atoms with E-state index in [0.29, 0.717) is 0 Å². The molecule has 0 fully saturated rings. The Bertz CT molecular complexity index is 696. The van der Waals surface area contributed by atoms with Crippen LogP contribution in [0.25, 0.3) is 22.0 Å². The number of thiophene rings is 1. The van der Waals surface area contributed by atoms with Crippen LogP contribution in [0.1, 0.15) is 10.4 Å². The van der Waals surface area contributed by atoms with Crippen LogP contribution in [0.15, 0.2) is 48.0 Å². The fraction of sp³-hybridized carbons (Fsp3) is 0.0625. The van der Waals surface area contributed by atoms with Gasteiger partial charge < -0.3 is 4.74 Å². The van der Waals surface area contributed by atoms with Crippen molar-refractivity contribution < 1.29 is 4.74 Å². The van der Waals surface area contributed by atoms with E-state index in [1.807, 2.05) is 35.8 Å². The van der Waals surface area contributed by atoms with Gasteiger partial charge in [-0.25, -0.2) is 4.98 Å². The van der Waals surface area contributed by atoms with E-state index in [1.165, 1.54) is 9.75 Å². The fourth-order valence-electron chi connectivity index (χ4n) is 1.80. The summed E-state index contributed by atoms with van der Waals surface area (Å²) in [7, 11) is 1.68. The van der Waals surface area contributed by atoms with Gasteiger partial charge in [-0.1, -0.05) is 18.2 Å². The second-order valence-electron chi connectivity index (χ2n) is 4.15. The molecule has 0 bridgehead atoms. The molecule has 0 N–H and O–H groups in total. The van der Waals surface area contributed by atoms with Crippen LogP contribution in [-0.4, -0.2) is 12.1 Å². The van der Waals surface area contributed by atoms with Crippen molar-refractivity contribution in [3.05, 3.63) is 58.4 Å². The zero-order chi connectivity index (χ0) is 13.8. The van der Waals surface area contributed by atoms with Gasteiger partial charge in [0.05, 0.1) is 12.0 Å². The molecule has 4 heteroatoms. The standard InChI is InChI=1S/C16H13NOS2/c1-18-13-5-2-12(3-6-13)4-7-14-8-9-15(20-14)16-17-10-11-19-16/h2-11H,1H3/b7-4+. The third kappa shape index (κ3) is 2.98. The minimum atomic E-state index is 0.879. The molecule has 0 saturated carbocycles. The van der Waals surface area contributed by atoms with Gasteiger partial charge in [0, 0.05) is 16.5 Å². The van der Waals surface area contributed by atoms with Crippen LogP contribution in [0.2, 0.25) is 0 Å². The van der Waals surface area contributed by atoms with Crippen molar-refractivity contribution in [1.29, 1.82) is 0 Å². The minimum absolute atomic E-state index is 0.879. The molecule has 0 atom stereocenters. The maximum Gasteiger partial charge on any atom is 0.133 e. The number of aromatic nitrogens is 1. The maximum atomic E-state index is 5.15. The van der Waals surface area contributed by atoms with E-state index in [4.69, 9.17) is 4.74 Å². The predicted octanol–water partition coefficient (Wildman–Crippen LogP) is 5.05. The van der Waals surface area contributed by atoms with E-state index in [-0.39, 0.29) is 0 Å². The van der Waals surface area contributed by atoms with Gasteiger partial charge in [-0.2, -0.15) is 0 Å². The quantitative estimate of drug-likeness (QED) is 0.672. The zero-order valence-electron chi connectivity index (χ0n) is 10.9. The summed E-state index contributed by atoms with van der Waals surface area (Å²) in [6.45, 7) is 0. The smallest absolute Gasteiger partial charge is 0.133 e. The Balaban J connectivity index is 1.75. The molecule has 3 rings (SSSR count). The minimum Gasteiger partial charge on any atom is -0.497 e. The summed E-state index contributed by atoms with van der Waals surface area (Å²) in [5.74, 6) is 0.879. The molecule has 0 radical (unpaired) electrons. The Kier molecular flexibility index (Phi) is 3.95. The summed E-state index contributed by atoms with van der Waals surface area (Å²) in [4.78, 5) is 6.77. The van der Waals surface area contributed by atoms with Gasteiger partial charge in [-0.15, -0.1) is 22.7 Å². The van der Waals surface area contributed by atoms with Gasteiger partial charge >= 0.3 is 0 Å². The number of ether oxygens (including phenoxy) is 1. The van der Waals surface area contributed by atoms with Crippen LogP contribution >= 0.6 is 22.7 Å². The van der Waals surface area contributed by atoms with Gasteiger partial charge in [0.1, 0.15) is 10.8 Å². The predicted molar refractivity (Wildman–Crippen MR) is 87.3 cm³/mol. The average molecular weight is 299 g/mol. The summed E-state index contributed by atoms with van der Waals surface area (Å²) in [6, 6.07) is 12.3. The molecule has 100 valence electrons. The SMILES string of the molecule is COc1ccc(/C=C/c2ccc(-c3nccs3)s2)cc1. The van der Waals surface area contributed by atoms with Gasteiger partial charge in [-0.3, -0.25) is 0 Å². The van der Waals surface area contributed by atoms with Crippen molar-refractivity contribution in [3.8, 4) is 15.6 Å². The van der Waals surface area contributed by atoms with Gasteiger partial charge in [0.25, 0.3) is 0 Å². The van der Waals surface area contributed by atoms with Crippen molar-refractivity contribution >= 4 is 34.8 Å². The Hall–Kier alpha value is -1.91. The molecule has 2 heterocycles. The van der Waals surface area contributed by atoms with Crippen LogP contribution in [0.4, 0.5) is 0 Å². The second kappa shape index (κ2) is 6.03. The molecule has 0 aliphatic rings. The number of hydrogen-bond donors (Lipinski definition) is 0. The molecule has 2 aromatic heterocycles. The molecule has 0 unspecified atom stereocenters. The normalized spacial score (nSPS) is 11.1. The van der Waals surface area contributed by atoms with Crippen LogP contribution < -0.4 is 4.74 Å². The molecule has 0 spiro atoms. The molecule has 3 aromatic rings. The van der Waals surface area contributed by atoms with E-state index in [0.717, 1.165) is 16.3 Å². The van der Waals surface area contributed by atoms with Crippen LogP contribution in [0, 0.1) is 0 Å². The lowest BCUT2D eigenvalue weighted by Gasteiger charge is -1.98. The summed E-state index contributed by atoms with van der Waals surface area (Å²) >= 11 is 3.42. The van der Waals surface area contributed by atoms with E-state index in [2.05, 4.69) is 29.3 Å². The molecule has 0 amide bonds. The van der Waals surface area contributed by atoms with Crippen molar-refractivity contribution in [2.45, 2.75) is 0 Å². The summed E-state index contributed by atoms with van der Waals surface area (Å²) in [5, 5.41) is 3.08. The maximum absolute atomic E-state index is 5.15. The molecule has 1 aromatic carbocycles. The highest BCUT2D eigenvalue weighted by atomic mass is 32.1. The Labute approximate surface area is 126 Å². The number of benzene rings is 1. The molecule has 0 aliphatic heterocycles. The first-order valence-corrected chi connectivity index (χ1v) is 7.86. The summed E-state index contributed by atoms with van der Waals surface area (Å²) in [5.41, 5.74) is 1.16. The number of thiazole rings is 1. The van der Waals surface area contributed by atoms with Gasteiger partial charge in [0.15, 0.2) is 0 Å². The van der Waals surface area contributed by atoms with E-state index in [9.17, 15) is 0 Å². The van der Waals surface area contributed by atoms with Gasteiger partial charge in [-0.05, 0) is 35.9 Å². The molecule has 0 aliphatic carbocycles. The lowest BCUT2D eigenvalue weighted by molar-refractivity contribution is 0.415. The summed E-state index contributed by atoms with van der Waals surface area (Å²) < 4.78 is 5.15. The molecule has 20 heavy (non-hydrogen) atoms. The van der Waals surface area contributed by atoms with E-state index < -0.39 is 0 Å². The second-order valence-corrected chi connectivity index (χ2v) is 6.16. The first-order chi connectivity index (χ1) is 9.85. The lowest BCUT2D eigenvalue weighted by atomic mass is 10.2. The summed E-state index contributed by atoms with van der Waals surface area (Å²) in [6.07, 6.45) is 6.08. The number of hydrogen-bond acceptors (Lipinski definition) is 4. The highest BCUT2D eigenvalue weighted by Gasteiger charge is 2.02. The van der Waals surface area contributed by atoms with Crippen molar-refractivity contribution in [3.63, 3.8) is 0 Å². The van der Waals surface area contributed by atoms with Crippen molar-refractivity contribution in [2.75, 3.05) is 7.11 Å². The van der Waals surface area contributed by atoms with E-state index in [1.54, 1.807) is 29.8 Å². The zero-order valence-corrected chi connectivity index (χ0v) is 12.6. The fourth-order valence-corrected chi connectivity index (χ4v) is 3.42. The monoisotopic (exact) mass is 299 g/mol. The largest absolute Gasteiger partial charge is 0.497 e. The molecule has 0 saturated heterocycles. The molecular weight excluding hydrogens is 286 g/mol. The van der Waals surface area contributed by atoms with Crippen LogP contribution in [-0.2, 0) is 0 Å². The Morgan fingerprint density at radius 1 is 1.05 bits per heavy atom. The molecule has 2 nitrogen and oxygen atoms in total. The van der Waals surface area contributed by atoms with Crippen LogP contribution in [0.3, 0.4) is 0 Å². The first-order valence-electron chi connectivity index (χ1n) is 6.17. The highest BCUT2D eigenvalue weighted by Crippen LogP contribution is 2.30. The Morgan fingerprint density at radius 3 is 2.60 bits per heavy atom. The van der Waals surface area contributed by atoms with E-state index >= 15 is 0 Å². The number of nitrogens with zero attached hydrogens (tertiary/aromatic N) is 1. The topological polar surface area (TPSA) is 22.1 Å². The third-order valence-electron chi connectivity index (χ3n) is 2.83. The average Bonchev–Trinajstić information content (AvgIpc) is 3.16. The first kappa shape index (κ1) is 13.1. The van der Waals surface area contributed by atoms with Crippen LogP contribution in [0.5, 0.6) is 5.75 Å². The Morgan fingerprint density at radius 2 is 1.90 bits per heavy atom. The lowest BCUT2D eigenvalue weighted by Crippen LogP contribution is -1.81.